The summed E-state index contributed by atoms with van der Waals surface area (Å²) >= 11 is 0. The minimum Gasteiger partial charge on any atom is -0.481 e. The lowest BCUT2D eigenvalue weighted by molar-refractivity contribution is -0.137. The first-order valence-corrected chi connectivity index (χ1v) is 12.2. The summed E-state index contributed by atoms with van der Waals surface area (Å²) in [7, 11) is 0. The van der Waals surface area contributed by atoms with Crippen LogP contribution in [0.4, 0.5) is 10.1 Å². The highest BCUT2D eigenvalue weighted by Crippen LogP contribution is 2.39. The number of anilines is 1. The highest BCUT2D eigenvalue weighted by Gasteiger charge is 2.32. The monoisotopic (exact) mass is 474 g/mol. The van der Waals surface area contributed by atoms with Gasteiger partial charge in [0.15, 0.2) is 0 Å². The van der Waals surface area contributed by atoms with Gasteiger partial charge in [0.2, 0.25) is 5.91 Å². The van der Waals surface area contributed by atoms with Crippen LogP contribution in [0, 0.1) is 25.6 Å². The molecule has 0 aliphatic heterocycles. The molecule has 1 aliphatic rings. The number of rotatable bonds is 8. The average Bonchev–Trinajstić information content (AvgIpc) is 3.36. The van der Waals surface area contributed by atoms with E-state index in [1.807, 2.05) is 49.4 Å². The van der Waals surface area contributed by atoms with Crippen LogP contribution in [0.15, 0.2) is 54.7 Å². The summed E-state index contributed by atoms with van der Waals surface area (Å²) < 4.78 is 14.0. The molecule has 1 saturated carbocycles. The van der Waals surface area contributed by atoms with Gasteiger partial charge in [0.25, 0.3) is 0 Å². The molecule has 1 aromatic heterocycles. The fourth-order valence-electron chi connectivity index (χ4n) is 5.02. The van der Waals surface area contributed by atoms with Gasteiger partial charge in [0, 0.05) is 23.9 Å². The Labute approximate surface area is 205 Å². The summed E-state index contributed by atoms with van der Waals surface area (Å²) in [4.78, 5) is 28.7. The fourth-order valence-corrected chi connectivity index (χ4v) is 5.02. The molecular formula is C29H31FN2O3. The van der Waals surface area contributed by atoms with E-state index in [-0.39, 0.29) is 30.0 Å². The molecule has 4 rings (SSSR count). The average molecular weight is 475 g/mol. The summed E-state index contributed by atoms with van der Waals surface area (Å²) in [6.07, 6.45) is 6.38. The lowest BCUT2D eigenvalue weighted by Crippen LogP contribution is -2.27. The minimum absolute atomic E-state index is 0.0498. The van der Waals surface area contributed by atoms with Crippen LogP contribution >= 0.6 is 0 Å². The van der Waals surface area contributed by atoms with Gasteiger partial charge in [0.1, 0.15) is 5.82 Å². The highest BCUT2D eigenvalue weighted by atomic mass is 19.1. The number of nitrogens with one attached hydrogen (secondary N) is 1. The number of carbonyl (C=O) groups is 2. The molecule has 2 N–H and O–H groups in total. The van der Waals surface area contributed by atoms with Crippen molar-refractivity contribution in [2.45, 2.75) is 58.3 Å². The number of pyridine rings is 1. The molecule has 3 aromatic rings. The van der Waals surface area contributed by atoms with Crippen LogP contribution in [0.25, 0.3) is 11.1 Å². The van der Waals surface area contributed by atoms with E-state index in [1.165, 1.54) is 6.07 Å². The van der Waals surface area contributed by atoms with E-state index in [0.29, 0.717) is 17.7 Å². The summed E-state index contributed by atoms with van der Waals surface area (Å²) in [6, 6.07) is 14.9. The van der Waals surface area contributed by atoms with Crippen molar-refractivity contribution in [3.05, 3.63) is 82.9 Å². The SMILES string of the molecule is Cc1ncc(-c2ccc([C@H](C(=O)Nc3cccc(CCC(=O)O)c3C)C3CCCC3)cc2)cc1F. The smallest absolute Gasteiger partial charge is 0.303 e. The van der Waals surface area contributed by atoms with Crippen molar-refractivity contribution in [1.82, 2.24) is 4.98 Å². The number of hydrogen-bond donors (Lipinski definition) is 2. The van der Waals surface area contributed by atoms with Gasteiger partial charge in [-0.3, -0.25) is 14.6 Å². The van der Waals surface area contributed by atoms with E-state index in [0.717, 1.165) is 53.6 Å². The Kier molecular flexibility index (Phi) is 7.59. The Morgan fingerprint density at radius 1 is 1.09 bits per heavy atom. The molecule has 0 saturated heterocycles. The van der Waals surface area contributed by atoms with Crippen molar-refractivity contribution in [2.24, 2.45) is 5.92 Å². The Morgan fingerprint density at radius 2 is 1.80 bits per heavy atom. The molecule has 0 spiro atoms. The third-order valence-corrected chi connectivity index (χ3v) is 7.09. The van der Waals surface area contributed by atoms with Gasteiger partial charge in [-0.15, -0.1) is 0 Å². The summed E-state index contributed by atoms with van der Waals surface area (Å²) in [5, 5.41) is 12.2. The maximum atomic E-state index is 14.0. The van der Waals surface area contributed by atoms with Crippen LogP contribution in [0.3, 0.4) is 0 Å². The molecular weight excluding hydrogens is 443 g/mol. The van der Waals surface area contributed by atoms with Crippen LogP contribution in [0.1, 0.15) is 60.4 Å². The number of benzene rings is 2. The lowest BCUT2D eigenvalue weighted by atomic mass is 9.83. The maximum Gasteiger partial charge on any atom is 0.303 e. The summed E-state index contributed by atoms with van der Waals surface area (Å²) in [5.74, 6) is -1.26. The van der Waals surface area contributed by atoms with Crippen molar-refractivity contribution in [3.63, 3.8) is 0 Å². The second kappa shape index (κ2) is 10.8. The number of carboxylic acid groups (broad SMARTS) is 1. The predicted octanol–water partition coefficient (Wildman–Crippen LogP) is 6.43. The Balaban J connectivity index is 1.58. The molecule has 1 fully saturated rings. The van der Waals surface area contributed by atoms with Gasteiger partial charge in [-0.1, -0.05) is 49.2 Å². The zero-order valence-corrected chi connectivity index (χ0v) is 20.2. The van der Waals surface area contributed by atoms with Crippen LogP contribution in [0.2, 0.25) is 0 Å². The Bertz CT molecular complexity index is 1220. The molecule has 2 aromatic carbocycles. The van der Waals surface area contributed by atoms with Crippen molar-refractivity contribution < 1.29 is 19.1 Å². The first-order chi connectivity index (χ1) is 16.8. The van der Waals surface area contributed by atoms with E-state index in [2.05, 4.69) is 10.3 Å². The van der Waals surface area contributed by atoms with Gasteiger partial charge in [-0.05, 0) is 73.4 Å². The van der Waals surface area contributed by atoms with Gasteiger partial charge >= 0.3 is 5.97 Å². The second-order valence-electron chi connectivity index (χ2n) is 9.41. The first-order valence-electron chi connectivity index (χ1n) is 12.2. The molecule has 0 radical (unpaired) electrons. The normalized spacial score (nSPS) is 14.6. The fraction of sp³-hybridized carbons (Fsp3) is 0.345. The molecule has 1 aliphatic carbocycles. The number of carbonyl (C=O) groups excluding carboxylic acids is 1. The number of amides is 1. The first kappa shape index (κ1) is 24.6. The van der Waals surface area contributed by atoms with E-state index in [9.17, 15) is 14.0 Å². The van der Waals surface area contributed by atoms with Gasteiger partial charge in [-0.2, -0.15) is 0 Å². The van der Waals surface area contributed by atoms with Crippen molar-refractivity contribution in [1.29, 1.82) is 0 Å². The van der Waals surface area contributed by atoms with Crippen LogP contribution in [-0.4, -0.2) is 22.0 Å². The molecule has 35 heavy (non-hydrogen) atoms. The third-order valence-electron chi connectivity index (χ3n) is 7.09. The van der Waals surface area contributed by atoms with Crippen molar-refractivity contribution in [2.75, 3.05) is 5.32 Å². The van der Waals surface area contributed by atoms with E-state index >= 15 is 0 Å². The van der Waals surface area contributed by atoms with Crippen LogP contribution in [0.5, 0.6) is 0 Å². The molecule has 6 heteroatoms. The Morgan fingerprint density at radius 3 is 2.46 bits per heavy atom. The molecule has 1 atom stereocenters. The summed E-state index contributed by atoms with van der Waals surface area (Å²) in [6.45, 7) is 3.55. The number of hydrogen-bond acceptors (Lipinski definition) is 3. The van der Waals surface area contributed by atoms with Gasteiger partial charge in [-0.25, -0.2) is 4.39 Å². The molecule has 182 valence electrons. The predicted molar refractivity (Wildman–Crippen MR) is 135 cm³/mol. The number of aryl methyl sites for hydroxylation is 2. The quantitative estimate of drug-likeness (QED) is 0.394. The number of halogens is 1. The Hall–Kier alpha value is -3.54. The summed E-state index contributed by atoms with van der Waals surface area (Å²) in [5.41, 5.74) is 5.41. The van der Waals surface area contributed by atoms with Crippen LogP contribution < -0.4 is 5.32 Å². The number of carboxylic acids is 1. The zero-order valence-electron chi connectivity index (χ0n) is 20.2. The number of aromatic nitrogens is 1. The third kappa shape index (κ3) is 5.76. The van der Waals surface area contributed by atoms with E-state index < -0.39 is 5.97 Å². The number of nitrogens with zero attached hydrogens (tertiary/aromatic N) is 1. The largest absolute Gasteiger partial charge is 0.481 e. The second-order valence-corrected chi connectivity index (χ2v) is 9.41. The van der Waals surface area contributed by atoms with Crippen molar-refractivity contribution >= 4 is 17.6 Å². The molecule has 1 amide bonds. The molecule has 0 unspecified atom stereocenters. The maximum absolute atomic E-state index is 14.0. The van der Waals surface area contributed by atoms with Gasteiger partial charge in [0.05, 0.1) is 11.6 Å². The van der Waals surface area contributed by atoms with E-state index in [1.54, 1.807) is 13.1 Å². The minimum atomic E-state index is -0.840. The molecule has 0 bridgehead atoms. The van der Waals surface area contributed by atoms with Crippen molar-refractivity contribution in [3.8, 4) is 11.1 Å². The lowest BCUT2D eigenvalue weighted by Gasteiger charge is -2.24. The molecule has 5 nitrogen and oxygen atoms in total. The number of aliphatic carboxylic acids is 1. The molecule has 1 heterocycles. The highest BCUT2D eigenvalue weighted by molar-refractivity contribution is 5.97. The van der Waals surface area contributed by atoms with Crippen LogP contribution in [-0.2, 0) is 16.0 Å². The standard InChI is InChI=1S/C29H31FN2O3/c1-18-20(14-15-27(33)34)8-5-9-26(18)32-29(35)28(22-6-3-4-7-22)23-12-10-21(11-13-23)24-16-25(30)19(2)31-17-24/h5,8-13,16-17,22,28H,3-4,6-7,14-15H2,1-2H3,(H,32,35)(H,33,34)/t28-/m1/s1. The topological polar surface area (TPSA) is 79.3 Å². The van der Waals surface area contributed by atoms with Gasteiger partial charge < -0.3 is 10.4 Å². The van der Waals surface area contributed by atoms with E-state index in [4.69, 9.17) is 5.11 Å². The zero-order chi connectivity index (χ0) is 24.9.